The third-order valence-corrected chi connectivity index (χ3v) is 2.92. The first kappa shape index (κ1) is 11.7. The number of aliphatic hydroxyl groups excluding tert-OH is 1. The van der Waals surface area contributed by atoms with Gasteiger partial charge in [0.1, 0.15) is 0 Å². The van der Waals surface area contributed by atoms with Crippen molar-refractivity contribution in [3.8, 4) is 0 Å². The number of aliphatic hydroxyl groups is 1. The summed E-state index contributed by atoms with van der Waals surface area (Å²) in [5, 5.41) is 12.5. The van der Waals surface area contributed by atoms with Crippen LogP contribution < -0.4 is 5.32 Å². The number of nitrogens with one attached hydrogen (secondary N) is 1. The summed E-state index contributed by atoms with van der Waals surface area (Å²) in [5.74, 6) is 1.15. The molecule has 0 spiro atoms. The summed E-state index contributed by atoms with van der Waals surface area (Å²) in [7, 11) is 0. The summed E-state index contributed by atoms with van der Waals surface area (Å²) in [4.78, 5) is 0. The van der Waals surface area contributed by atoms with Crippen molar-refractivity contribution in [3.05, 3.63) is 12.2 Å². The molecule has 14 heavy (non-hydrogen) atoms. The molecule has 2 nitrogen and oxygen atoms in total. The molecule has 1 aliphatic carbocycles. The lowest BCUT2D eigenvalue weighted by molar-refractivity contribution is 0.245. The molecule has 0 aliphatic heterocycles. The minimum atomic E-state index is 0.291. The molecule has 0 heterocycles. The summed E-state index contributed by atoms with van der Waals surface area (Å²) in [6.07, 6.45) is 7.95. The maximum atomic E-state index is 8.97. The first-order valence-corrected chi connectivity index (χ1v) is 5.78. The SMILES string of the molecule is CCCC(C)CN[C@@H]1C=C[C@H](CO)C1. The summed E-state index contributed by atoms with van der Waals surface area (Å²) in [6, 6.07) is 0.492. The van der Waals surface area contributed by atoms with Gasteiger partial charge in [-0.1, -0.05) is 32.4 Å². The first-order chi connectivity index (χ1) is 6.76. The first-order valence-electron chi connectivity index (χ1n) is 5.78. The Labute approximate surface area is 87.4 Å². The maximum Gasteiger partial charge on any atom is 0.0494 e. The van der Waals surface area contributed by atoms with Gasteiger partial charge in [0.2, 0.25) is 0 Å². The van der Waals surface area contributed by atoms with Crippen LogP contribution in [-0.2, 0) is 0 Å². The van der Waals surface area contributed by atoms with Crippen molar-refractivity contribution in [2.75, 3.05) is 13.2 Å². The Balaban J connectivity index is 2.11. The van der Waals surface area contributed by atoms with E-state index in [9.17, 15) is 0 Å². The van der Waals surface area contributed by atoms with Crippen LogP contribution in [0.5, 0.6) is 0 Å². The molecule has 82 valence electrons. The van der Waals surface area contributed by atoms with Gasteiger partial charge in [0.25, 0.3) is 0 Å². The van der Waals surface area contributed by atoms with Crippen LogP contribution in [0.15, 0.2) is 12.2 Å². The molecular weight excluding hydrogens is 174 g/mol. The Morgan fingerprint density at radius 2 is 2.29 bits per heavy atom. The summed E-state index contributed by atoms with van der Waals surface area (Å²) in [6.45, 7) is 5.91. The third kappa shape index (κ3) is 3.81. The zero-order valence-electron chi connectivity index (χ0n) is 9.37. The molecule has 0 radical (unpaired) electrons. The second kappa shape index (κ2) is 6.20. The minimum absolute atomic E-state index is 0.291. The highest BCUT2D eigenvalue weighted by molar-refractivity contribution is 5.05. The van der Waals surface area contributed by atoms with E-state index in [0.29, 0.717) is 18.6 Å². The molecule has 1 unspecified atom stereocenters. The molecule has 3 atom stereocenters. The predicted molar refractivity (Wildman–Crippen MR) is 60.2 cm³/mol. The van der Waals surface area contributed by atoms with Gasteiger partial charge in [-0.05, 0) is 25.3 Å². The van der Waals surface area contributed by atoms with Crippen molar-refractivity contribution in [1.82, 2.24) is 5.32 Å². The lowest BCUT2D eigenvalue weighted by Gasteiger charge is -2.16. The smallest absolute Gasteiger partial charge is 0.0494 e. The van der Waals surface area contributed by atoms with Gasteiger partial charge in [-0.15, -0.1) is 0 Å². The van der Waals surface area contributed by atoms with E-state index in [4.69, 9.17) is 5.11 Å². The minimum Gasteiger partial charge on any atom is -0.396 e. The van der Waals surface area contributed by atoms with Crippen LogP contribution in [0.3, 0.4) is 0 Å². The molecule has 0 aromatic rings. The average molecular weight is 197 g/mol. The summed E-state index contributed by atoms with van der Waals surface area (Å²) in [5.41, 5.74) is 0. The largest absolute Gasteiger partial charge is 0.396 e. The van der Waals surface area contributed by atoms with Crippen LogP contribution in [0, 0.1) is 11.8 Å². The lowest BCUT2D eigenvalue weighted by Crippen LogP contribution is -2.30. The molecule has 1 aliphatic rings. The van der Waals surface area contributed by atoms with Crippen molar-refractivity contribution in [1.29, 1.82) is 0 Å². The van der Waals surface area contributed by atoms with Gasteiger partial charge in [-0.2, -0.15) is 0 Å². The van der Waals surface area contributed by atoms with E-state index in [2.05, 4.69) is 31.3 Å². The van der Waals surface area contributed by atoms with Gasteiger partial charge in [-0.3, -0.25) is 0 Å². The fourth-order valence-corrected chi connectivity index (χ4v) is 2.01. The molecule has 0 aromatic heterocycles. The van der Waals surface area contributed by atoms with Gasteiger partial charge in [0.05, 0.1) is 0 Å². The fourth-order valence-electron chi connectivity index (χ4n) is 2.01. The van der Waals surface area contributed by atoms with Crippen LogP contribution in [-0.4, -0.2) is 24.3 Å². The molecule has 0 aromatic carbocycles. The van der Waals surface area contributed by atoms with E-state index < -0.39 is 0 Å². The number of hydrogen-bond donors (Lipinski definition) is 2. The molecular formula is C12H23NO. The van der Waals surface area contributed by atoms with Gasteiger partial charge >= 0.3 is 0 Å². The Morgan fingerprint density at radius 1 is 1.50 bits per heavy atom. The Kier molecular flexibility index (Phi) is 5.20. The third-order valence-electron chi connectivity index (χ3n) is 2.92. The second-order valence-corrected chi connectivity index (χ2v) is 4.47. The van der Waals surface area contributed by atoms with Crippen molar-refractivity contribution in [3.63, 3.8) is 0 Å². The molecule has 0 fully saturated rings. The zero-order valence-corrected chi connectivity index (χ0v) is 9.37. The van der Waals surface area contributed by atoms with Crippen molar-refractivity contribution in [2.24, 2.45) is 11.8 Å². The van der Waals surface area contributed by atoms with E-state index in [1.807, 2.05) is 0 Å². The van der Waals surface area contributed by atoms with Crippen LogP contribution in [0.25, 0.3) is 0 Å². The summed E-state index contributed by atoms with van der Waals surface area (Å²) >= 11 is 0. The molecule has 0 saturated carbocycles. The maximum absolute atomic E-state index is 8.97. The number of hydrogen-bond acceptors (Lipinski definition) is 2. The van der Waals surface area contributed by atoms with E-state index in [1.54, 1.807) is 0 Å². The van der Waals surface area contributed by atoms with Crippen LogP contribution in [0.4, 0.5) is 0 Å². The van der Waals surface area contributed by atoms with E-state index in [0.717, 1.165) is 18.9 Å². The molecule has 0 bridgehead atoms. The monoisotopic (exact) mass is 197 g/mol. The lowest BCUT2D eigenvalue weighted by atomic mass is 10.1. The van der Waals surface area contributed by atoms with Crippen molar-refractivity contribution in [2.45, 2.75) is 39.2 Å². The zero-order chi connectivity index (χ0) is 10.4. The standard InChI is InChI=1S/C12H23NO/c1-3-4-10(2)8-13-12-6-5-11(7-12)9-14/h5-6,10-14H,3-4,7-9H2,1-2H3/t10?,11-,12+/m0/s1. The Bertz CT molecular complexity index is 179. The highest BCUT2D eigenvalue weighted by atomic mass is 16.3. The van der Waals surface area contributed by atoms with E-state index in [-0.39, 0.29) is 0 Å². The fraction of sp³-hybridized carbons (Fsp3) is 0.833. The molecule has 0 saturated heterocycles. The summed E-state index contributed by atoms with van der Waals surface area (Å²) < 4.78 is 0. The van der Waals surface area contributed by atoms with Gasteiger partial charge < -0.3 is 10.4 Å². The molecule has 2 heteroatoms. The van der Waals surface area contributed by atoms with Crippen LogP contribution in [0.2, 0.25) is 0 Å². The van der Waals surface area contributed by atoms with Crippen molar-refractivity contribution < 1.29 is 5.11 Å². The highest BCUT2D eigenvalue weighted by Gasteiger charge is 2.17. The van der Waals surface area contributed by atoms with Gasteiger partial charge in [0, 0.05) is 18.6 Å². The molecule has 1 rings (SSSR count). The normalized spacial score (nSPS) is 28.2. The Hall–Kier alpha value is -0.340. The molecule has 0 amide bonds. The van der Waals surface area contributed by atoms with Gasteiger partial charge in [0.15, 0.2) is 0 Å². The van der Waals surface area contributed by atoms with Crippen molar-refractivity contribution >= 4 is 0 Å². The topological polar surface area (TPSA) is 32.3 Å². The van der Waals surface area contributed by atoms with Crippen LogP contribution in [0.1, 0.15) is 33.1 Å². The quantitative estimate of drug-likeness (QED) is 0.638. The van der Waals surface area contributed by atoms with Gasteiger partial charge in [-0.25, -0.2) is 0 Å². The highest BCUT2D eigenvalue weighted by Crippen LogP contribution is 2.17. The molecule has 2 N–H and O–H groups in total. The van der Waals surface area contributed by atoms with E-state index >= 15 is 0 Å². The number of rotatable bonds is 6. The average Bonchev–Trinajstić information content (AvgIpc) is 2.63. The predicted octanol–water partition coefficient (Wildman–Crippen LogP) is 1.95. The van der Waals surface area contributed by atoms with Crippen LogP contribution >= 0.6 is 0 Å². The second-order valence-electron chi connectivity index (χ2n) is 4.47. The van der Waals surface area contributed by atoms with E-state index in [1.165, 1.54) is 12.8 Å². The Morgan fingerprint density at radius 3 is 2.86 bits per heavy atom.